The predicted octanol–water partition coefficient (Wildman–Crippen LogP) is 3.47. The summed E-state index contributed by atoms with van der Waals surface area (Å²) in [7, 11) is 0. The Morgan fingerprint density at radius 2 is 1.84 bits per heavy atom. The standard InChI is InChI=1S/C13H7F4NO/c14-10-5-4-8(7-9(10)13(15,16)17)12(19)11-3-1-2-6-18-11/h1-7H. The molecule has 0 spiro atoms. The average Bonchev–Trinajstić information content (AvgIpc) is 2.38. The molecule has 0 unspecified atom stereocenters. The topological polar surface area (TPSA) is 30.0 Å². The number of nitrogens with zero attached hydrogens (tertiary/aromatic N) is 1. The fourth-order valence-corrected chi connectivity index (χ4v) is 1.53. The summed E-state index contributed by atoms with van der Waals surface area (Å²) < 4.78 is 50.7. The summed E-state index contributed by atoms with van der Waals surface area (Å²) in [4.78, 5) is 15.6. The molecule has 0 amide bonds. The molecular formula is C13H7F4NO. The van der Waals surface area contributed by atoms with E-state index in [1.165, 1.54) is 18.3 Å². The number of rotatable bonds is 2. The number of ketones is 1. The van der Waals surface area contributed by atoms with Gasteiger partial charge in [0.1, 0.15) is 11.5 Å². The van der Waals surface area contributed by atoms with Crippen LogP contribution in [-0.4, -0.2) is 10.8 Å². The van der Waals surface area contributed by atoms with E-state index < -0.39 is 23.3 Å². The van der Waals surface area contributed by atoms with Crippen molar-refractivity contribution in [2.75, 3.05) is 0 Å². The first-order valence-corrected chi connectivity index (χ1v) is 5.22. The van der Waals surface area contributed by atoms with E-state index in [4.69, 9.17) is 0 Å². The summed E-state index contributed by atoms with van der Waals surface area (Å²) in [5, 5.41) is 0. The number of alkyl halides is 3. The van der Waals surface area contributed by atoms with Crippen LogP contribution in [-0.2, 0) is 6.18 Å². The predicted molar refractivity (Wildman–Crippen MR) is 59.1 cm³/mol. The number of pyridine rings is 1. The summed E-state index contributed by atoms with van der Waals surface area (Å²) in [6.45, 7) is 0. The third-order valence-corrected chi connectivity index (χ3v) is 2.43. The molecule has 0 atom stereocenters. The van der Waals surface area contributed by atoms with Gasteiger partial charge in [0.15, 0.2) is 0 Å². The monoisotopic (exact) mass is 269 g/mol. The quantitative estimate of drug-likeness (QED) is 0.617. The minimum atomic E-state index is -4.84. The van der Waals surface area contributed by atoms with Crippen LogP contribution in [0.5, 0.6) is 0 Å². The molecular weight excluding hydrogens is 262 g/mol. The molecule has 0 bridgehead atoms. The highest BCUT2D eigenvalue weighted by atomic mass is 19.4. The zero-order valence-electron chi connectivity index (χ0n) is 9.41. The van der Waals surface area contributed by atoms with Crippen molar-refractivity contribution in [3.8, 4) is 0 Å². The van der Waals surface area contributed by atoms with Crippen LogP contribution < -0.4 is 0 Å². The molecule has 0 fully saturated rings. The molecule has 1 aromatic carbocycles. The second kappa shape index (κ2) is 4.79. The largest absolute Gasteiger partial charge is 0.419 e. The molecule has 0 aliphatic heterocycles. The van der Waals surface area contributed by atoms with Gasteiger partial charge in [-0.1, -0.05) is 6.07 Å². The Balaban J connectivity index is 2.45. The second-order valence-corrected chi connectivity index (χ2v) is 3.74. The minimum absolute atomic E-state index is 0.00207. The third kappa shape index (κ3) is 2.78. The summed E-state index contributed by atoms with van der Waals surface area (Å²) in [5.41, 5.74) is -1.72. The van der Waals surface area contributed by atoms with Crippen molar-refractivity contribution in [1.82, 2.24) is 4.98 Å². The maximum absolute atomic E-state index is 13.1. The van der Waals surface area contributed by atoms with E-state index in [1.807, 2.05) is 0 Å². The molecule has 0 saturated carbocycles. The van der Waals surface area contributed by atoms with Crippen LogP contribution in [0.2, 0.25) is 0 Å². The van der Waals surface area contributed by atoms with Crippen molar-refractivity contribution in [2.45, 2.75) is 6.18 Å². The molecule has 2 aromatic rings. The lowest BCUT2D eigenvalue weighted by Crippen LogP contribution is -2.11. The number of carbonyl (C=O) groups is 1. The first-order chi connectivity index (χ1) is 8.89. The van der Waals surface area contributed by atoms with Gasteiger partial charge in [-0.05, 0) is 30.3 Å². The molecule has 0 aliphatic rings. The SMILES string of the molecule is O=C(c1ccc(F)c(C(F)(F)F)c1)c1ccccn1. The molecule has 6 heteroatoms. The number of hydrogen-bond acceptors (Lipinski definition) is 2. The van der Waals surface area contributed by atoms with Crippen molar-refractivity contribution in [3.05, 3.63) is 65.2 Å². The van der Waals surface area contributed by atoms with E-state index in [1.54, 1.807) is 6.07 Å². The van der Waals surface area contributed by atoms with Crippen LogP contribution in [0.4, 0.5) is 17.6 Å². The number of aromatic nitrogens is 1. The van der Waals surface area contributed by atoms with Crippen molar-refractivity contribution in [1.29, 1.82) is 0 Å². The fourth-order valence-electron chi connectivity index (χ4n) is 1.53. The fraction of sp³-hybridized carbons (Fsp3) is 0.0769. The van der Waals surface area contributed by atoms with E-state index in [-0.39, 0.29) is 11.3 Å². The molecule has 2 nitrogen and oxygen atoms in total. The van der Waals surface area contributed by atoms with E-state index in [0.717, 1.165) is 6.07 Å². The number of carbonyl (C=O) groups excluding carboxylic acids is 1. The minimum Gasteiger partial charge on any atom is -0.287 e. The van der Waals surface area contributed by atoms with Crippen molar-refractivity contribution < 1.29 is 22.4 Å². The van der Waals surface area contributed by atoms with Gasteiger partial charge < -0.3 is 0 Å². The molecule has 1 aromatic heterocycles. The van der Waals surface area contributed by atoms with E-state index in [2.05, 4.69) is 4.98 Å². The van der Waals surface area contributed by atoms with Gasteiger partial charge >= 0.3 is 6.18 Å². The van der Waals surface area contributed by atoms with Crippen LogP contribution in [0.15, 0.2) is 42.6 Å². The summed E-state index contributed by atoms with van der Waals surface area (Å²) >= 11 is 0. The molecule has 0 saturated heterocycles. The average molecular weight is 269 g/mol. The molecule has 0 radical (unpaired) electrons. The van der Waals surface area contributed by atoms with E-state index >= 15 is 0 Å². The Morgan fingerprint density at radius 1 is 1.11 bits per heavy atom. The number of hydrogen-bond donors (Lipinski definition) is 0. The summed E-state index contributed by atoms with van der Waals surface area (Å²) in [6.07, 6.45) is -3.49. The Bertz CT molecular complexity index is 608. The van der Waals surface area contributed by atoms with Gasteiger partial charge in [0.05, 0.1) is 5.56 Å². The molecule has 0 aliphatic carbocycles. The highest BCUT2D eigenvalue weighted by molar-refractivity contribution is 6.07. The highest BCUT2D eigenvalue weighted by Crippen LogP contribution is 2.32. The second-order valence-electron chi connectivity index (χ2n) is 3.74. The van der Waals surface area contributed by atoms with Gasteiger partial charge in [-0.25, -0.2) is 4.39 Å². The van der Waals surface area contributed by atoms with Crippen LogP contribution >= 0.6 is 0 Å². The maximum Gasteiger partial charge on any atom is 0.419 e. The van der Waals surface area contributed by atoms with Gasteiger partial charge in [0, 0.05) is 11.8 Å². The Kier molecular flexibility index (Phi) is 3.33. The summed E-state index contributed by atoms with van der Waals surface area (Å²) in [6, 6.07) is 6.60. The third-order valence-electron chi connectivity index (χ3n) is 2.43. The van der Waals surface area contributed by atoms with E-state index in [9.17, 15) is 22.4 Å². The molecule has 98 valence electrons. The zero-order chi connectivity index (χ0) is 14.0. The summed E-state index contributed by atoms with van der Waals surface area (Å²) in [5.74, 6) is -2.10. The normalized spacial score (nSPS) is 11.4. The van der Waals surface area contributed by atoms with Crippen LogP contribution in [0, 0.1) is 5.82 Å². The lowest BCUT2D eigenvalue weighted by molar-refractivity contribution is -0.140. The molecule has 0 N–H and O–H groups in total. The molecule has 1 heterocycles. The first kappa shape index (κ1) is 13.2. The maximum atomic E-state index is 13.1. The van der Waals surface area contributed by atoms with Crippen LogP contribution in [0.3, 0.4) is 0 Å². The zero-order valence-corrected chi connectivity index (χ0v) is 9.41. The van der Waals surface area contributed by atoms with Gasteiger partial charge in [-0.3, -0.25) is 9.78 Å². The highest BCUT2D eigenvalue weighted by Gasteiger charge is 2.34. The Morgan fingerprint density at radius 3 is 2.42 bits per heavy atom. The van der Waals surface area contributed by atoms with Crippen molar-refractivity contribution in [3.63, 3.8) is 0 Å². The van der Waals surface area contributed by atoms with Crippen LogP contribution in [0.25, 0.3) is 0 Å². The lowest BCUT2D eigenvalue weighted by atomic mass is 10.0. The number of benzene rings is 1. The van der Waals surface area contributed by atoms with Crippen molar-refractivity contribution in [2.24, 2.45) is 0 Å². The Labute approximate surface area is 105 Å². The van der Waals surface area contributed by atoms with Gasteiger partial charge in [0.2, 0.25) is 5.78 Å². The van der Waals surface area contributed by atoms with Gasteiger partial charge in [-0.15, -0.1) is 0 Å². The van der Waals surface area contributed by atoms with Crippen molar-refractivity contribution >= 4 is 5.78 Å². The van der Waals surface area contributed by atoms with E-state index in [0.29, 0.717) is 12.1 Å². The molecule has 19 heavy (non-hydrogen) atoms. The first-order valence-electron chi connectivity index (χ1n) is 5.22. The van der Waals surface area contributed by atoms with Crippen LogP contribution in [0.1, 0.15) is 21.6 Å². The van der Waals surface area contributed by atoms with Gasteiger partial charge in [-0.2, -0.15) is 13.2 Å². The Hall–Kier alpha value is -2.24. The smallest absolute Gasteiger partial charge is 0.287 e. The molecule has 2 rings (SSSR count). The number of halogens is 4. The lowest BCUT2D eigenvalue weighted by Gasteiger charge is -2.09. The van der Waals surface area contributed by atoms with Gasteiger partial charge in [0.25, 0.3) is 0 Å².